The zero-order chi connectivity index (χ0) is 10.9. The molecule has 2 atom stereocenters. The minimum atomic E-state index is -0.120. The first-order valence-corrected chi connectivity index (χ1v) is 5.21. The second-order valence-corrected chi connectivity index (χ2v) is 4.65. The third-order valence-corrected chi connectivity index (χ3v) is 3.74. The number of carbonyl (C=O) groups excluding carboxylic acids is 1. The molecule has 0 N–H and O–H groups in total. The van der Waals surface area contributed by atoms with Gasteiger partial charge in [-0.2, -0.15) is 0 Å². The Hall–Kier alpha value is -0.790. The number of carbonyl (C=O) groups is 1. The fourth-order valence-electron chi connectivity index (χ4n) is 2.69. The summed E-state index contributed by atoms with van der Waals surface area (Å²) in [5.41, 5.74) is 1.41. The van der Waals surface area contributed by atoms with Gasteiger partial charge in [0.25, 0.3) is 0 Å². The summed E-state index contributed by atoms with van der Waals surface area (Å²) in [6, 6.07) is 0. The predicted octanol–water partition coefficient (Wildman–Crippen LogP) is 2.79. The zero-order valence-corrected chi connectivity index (χ0v) is 9.59. The summed E-state index contributed by atoms with van der Waals surface area (Å²) >= 11 is 0. The van der Waals surface area contributed by atoms with E-state index in [1.165, 1.54) is 12.7 Å². The first-order valence-electron chi connectivity index (χ1n) is 5.21. The van der Waals surface area contributed by atoms with Crippen molar-refractivity contribution in [2.24, 2.45) is 17.3 Å². The lowest BCUT2D eigenvalue weighted by Gasteiger charge is -2.53. The molecule has 80 valence electrons. The molecule has 0 saturated heterocycles. The summed E-state index contributed by atoms with van der Waals surface area (Å²) in [5, 5.41) is 0. The number of allylic oxidation sites excluding steroid dienone is 1. The molecule has 0 heterocycles. The molecule has 0 aromatic heterocycles. The number of methoxy groups -OCH3 is 1. The number of hydrogen-bond acceptors (Lipinski definition) is 2. The lowest BCUT2D eigenvalue weighted by molar-refractivity contribution is -0.143. The van der Waals surface area contributed by atoms with Crippen molar-refractivity contribution in [2.45, 2.75) is 33.6 Å². The van der Waals surface area contributed by atoms with Gasteiger partial charge in [-0.15, -0.1) is 0 Å². The minimum Gasteiger partial charge on any atom is -0.469 e. The Morgan fingerprint density at radius 1 is 1.57 bits per heavy atom. The molecule has 0 aromatic carbocycles. The SMILES string of the molecule is C=C1C(CC(=O)OC)C(CC)C1(C)C. The van der Waals surface area contributed by atoms with Gasteiger partial charge < -0.3 is 4.74 Å². The van der Waals surface area contributed by atoms with E-state index < -0.39 is 0 Å². The summed E-state index contributed by atoms with van der Waals surface area (Å²) in [4.78, 5) is 11.2. The molecule has 1 saturated carbocycles. The van der Waals surface area contributed by atoms with E-state index in [0.29, 0.717) is 18.3 Å². The highest BCUT2D eigenvalue weighted by Crippen LogP contribution is 2.57. The van der Waals surface area contributed by atoms with E-state index >= 15 is 0 Å². The molecule has 0 aliphatic heterocycles. The number of hydrogen-bond donors (Lipinski definition) is 0. The van der Waals surface area contributed by atoms with Crippen molar-refractivity contribution < 1.29 is 9.53 Å². The van der Waals surface area contributed by atoms with Crippen LogP contribution in [0.4, 0.5) is 0 Å². The van der Waals surface area contributed by atoms with Crippen LogP contribution in [0.2, 0.25) is 0 Å². The number of rotatable bonds is 3. The predicted molar refractivity (Wildman–Crippen MR) is 56.8 cm³/mol. The van der Waals surface area contributed by atoms with Crippen LogP contribution >= 0.6 is 0 Å². The molecule has 0 aromatic rings. The van der Waals surface area contributed by atoms with E-state index in [1.54, 1.807) is 0 Å². The number of esters is 1. The fraction of sp³-hybridized carbons (Fsp3) is 0.750. The van der Waals surface area contributed by atoms with Gasteiger partial charge in [-0.1, -0.05) is 39.3 Å². The molecule has 1 aliphatic carbocycles. The standard InChI is InChI=1S/C12H20O2/c1-6-10-9(7-11(13)14-5)8(2)12(10,3)4/h9-10H,2,6-7H2,1,3-5H3. The average molecular weight is 196 g/mol. The van der Waals surface area contributed by atoms with Gasteiger partial charge in [0.05, 0.1) is 13.5 Å². The molecule has 1 aliphatic rings. The Morgan fingerprint density at radius 3 is 2.57 bits per heavy atom. The van der Waals surface area contributed by atoms with Crippen molar-refractivity contribution in [3.63, 3.8) is 0 Å². The molecular formula is C12H20O2. The van der Waals surface area contributed by atoms with Crippen molar-refractivity contribution in [1.82, 2.24) is 0 Å². The third-order valence-electron chi connectivity index (χ3n) is 3.74. The van der Waals surface area contributed by atoms with Gasteiger partial charge in [0, 0.05) is 0 Å². The van der Waals surface area contributed by atoms with Gasteiger partial charge in [-0.05, 0) is 17.3 Å². The Labute approximate surface area is 86.3 Å². The molecular weight excluding hydrogens is 176 g/mol. The molecule has 2 nitrogen and oxygen atoms in total. The topological polar surface area (TPSA) is 26.3 Å². The molecule has 0 bridgehead atoms. The first kappa shape index (κ1) is 11.3. The molecule has 0 radical (unpaired) electrons. The van der Waals surface area contributed by atoms with Crippen LogP contribution < -0.4 is 0 Å². The summed E-state index contributed by atoms with van der Waals surface area (Å²) < 4.78 is 4.69. The minimum absolute atomic E-state index is 0.120. The quantitative estimate of drug-likeness (QED) is 0.512. The lowest BCUT2D eigenvalue weighted by Crippen LogP contribution is -2.46. The first-order chi connectivity index (χ1) is 6.45. The van der Waals surface area contributed by atoms with Gasteiger partial charge in [-0.3, -0.25) is 4.79 Å². The second kappa shape index (κ2) is 3.76. The zero-order valence-electron chi connectivity index (χ0n) is 9.59. The molecule has 2 unspecified atom stereocenters. The third kappa shape index (κ3) is 1.58. The monoisotopic (exact) mass is 196 g/mol. The second-order valence-electron chi connectivity index (χ2n) is 4.65. The van der Waals surface area contributed by atoms with E-state index in [1.807, 2.05) is 0 Å². The van der Waals surface area contributed by atoms with E-state index in [0.717, 1.165) is 6.42 Å². The smallest absolute Gasteiger partial charge is 0.306 e. The van der Waals surface area contributed by atoms with Gasteiger partial charge in [-0.25, -0.2) is 0 Å². The van der Waals surface area contributed by atoms with Crippen molar-refractivity contribution >= 4 is 5.97 Å². The van der Waals surface area contributed by atoms with E-state index in [4.69, 9.17) is 0 Å². The summed E-state index contributed by atoms with van der Waals surface area (Å²) in [5.74, 6) is 0.793. The van der Waals surface area contributed by atoms with Gasteiger partial charge in [0.15, 0.2) is 0 Å². The summed E-state index contributed by atoms with van der Waals surface area (Å²) in [7, 11) is 1.44. The molecule has 14 heavy (non-hydrogen) atoms. The van der Waals surface area contributed by atoms with Crippen molar-refractivity contribution in [3.05, 3.63) is 12.2 Å². The normalized spacial score (nSPS) is 29.6. The van der Waals surface area contributed by atoms with E-state index in [9.17, 15) is 4.79 Å². The highest BCUT2D eigenvalue weighted by atomic mass is 16.5. The highest BCUT2D eigenvalue weighted by Gasteiger charge is 2.49. The van der Waals surface area contributed by atoms with Crippen molar-refractivity contribution in [2.75, 3.05) is 7.11 Å². The van der Waals surface area contributed by atoms with Crippen LogP contribution in [0, 0.1) is 17.3 Å². The summed E-state index contributed by atoms with van der Waals surface area (Å²) in [6.45, 7) is 10.7. The summed E-state index contributed by atoms with van der Waals surface area (Å²) in [6.07, 6.45) is 1.60. The largest absolute Gasteiger partial charge is 0.469 e. The average Bonchev–Trinajstić information content (AvgIpc) is 2.16. The van der Waals surface area contributed by atoms with Gasteiger partial charge >= 0.3 is 5.97 Å². The molecule has 2 heteroatoms. The van der Waals surface area contributed by atoms with E-state index in [2.05, 4.69) is 32.1 Å². The lowest BCUT2D eigenvalue weighted by atomic mass is 9.51. The Kier molecular flexibility index (Phi) is 3.03. The maximum atomic E-state index is 11.2. The van der Waals surface area contributed by atoms with Crippen molar-refractivity contribution in [3.8, 4) is 0 Å². The van der Waals surface area contributed by atoms with Crippen LogP contribution in [0.1, 0.15) is 33.6 Å². The maximum Gasteiger partial charge on any atom is 0.306 e. The fourth-order valence-corrected chi connectivity index (χ4v) is 2.69. The van der Waals surface area contributed by atoms with Crippen LogP contribution in [0.25, 0.3) is 0 Å². The molecule has 0 spiro atoms. The van der Waals surface area contributed by atoms with Crippen LogP contribution in [-0.2, 0) is 9.53 Å². The molecule has 1 fully saturated rings. The Bertz CT molecular complexity index is 253. The Morgan fingerprint density at radius 2 is 2.14 bits per heavy atom. The molecule has 1 rings (SSSR count). The number of ether oxygens (including phenoxy) is 1. The van der Waals surface area contributed by atoms with Crippen LogP contribution in [-0.4, -0.2) is 13.1 Å². The van der Waals surface area contributed by atoms with E-state index in [-0.39, 0.29) is 11.4 Å². The van der Waals surface area contributed by atoms with Crippen molar-refractivity contribution in [1.29, 1.82) is 0 Å². The van der Waals surface area contributed by atoms with Crippen LogP contribution in [0.5, 0.6) is 0 Å². The Balaban J connectivity index is 2.64. The molecule has 0 amide bonds. The maximum absolute atomic E-state index is 11.2. The van der Waals surface area contributed by atoms with Gasteiger partial charge in [0.2, 0.25) is 0 Å². The highest BCUT2D eigenvalue weighted by molar-refractivity contribution is 5.70. The van der Waals surface area contributed by atoms with Crippen LogP contribution in [0.15, 0.2) is 12.2 Å². The van der Waals surface area contributed by atoms with Gasteiger partial charge in [0.1, 0.15) is 0 Å². The van der Waals surface area contributed by atoms with Crippen LogP contribution in [0.3, 0.4) is 0 Å².